The van der Waals surface area contributed by atoms with Crippen LogP contribution in [0, 0.1) is 11.8 Å². The lowest BCUT2D eigenvalue weighted by Crippen LogP contribution is -2.27. The van der Waals surface area contributed by atoms with Crippen LogP contribution in [0.3, 0.4) is 0 Å². The number of sulfonamides is 1. The van der Waals surface area contributed by atoms with Crippen LogP contribution >= 0.6 is 11.3 Å². The Morgan fingerprint density at radius 2 is 2.25 bits per heavy atom. The fraction of sp³-hybridized carbons (Fsp3) is 0.417. The number of primary sulfonamides is 1. The third kappa shape index (κ3) is 6.68. The highest BCUT2D eigenvalue weighted by Gasteiger charge is 2.08. The average molecular weight is 316 g/mol. The number of rotatable bonds is 6. The first-order valence-corrected chi connectivity index (χ1v) is 8.49. The van der Waals surface area contributed by atoms with E-state index in [2.05, 4.69) is 17.2 Å². The van der Waals surface area contributed by atoms with Gasteiger partial charge in [0.1, 0.15) is 0 Å². The zero-order valence-electron chi connectivity index (χ0n) is 10.8. The highest BCUT2D eigenvalue weighted by molar-refractivity contribution is 7.89. The molecule has 0 aliphatic carbocycles. The van der Waals surface area contributed by atoms with Crippen LogP contribution in [-0.2, 0) is 10.0 Å². The van der Waals surface area contributed by atoms with Crippen LogP contribution in [0.25, 0.3) is 0 Å². The second kappa shape index (κ2) is 8.01. The van der Waals surface area contributed by atoms with Gasteiger partial charge in [0.05, 0.1) is 22.8 Å². The molecule has 0 aliphatic heterocycles. The Kier molecular flexibility index (Phi) is 6.67. The van der Waals surface area contributed by atoms with E-state index < -0.39 is 10.0 Å². The number of hydrogen-bond acceptors (Lipinski definition) is 5. The molecule has 1 heterocycles. The molecule has 0 radical (unpaired) electrons. The summed E-state index contributed by atoms with van der Waals surface area (Å²) in [5.74, 6) is 5.18. The quantitative estimate of drug-likeness (QED) is 0.502. The number of aliphatic hydroxyl groups is 1. The van der Waals surface area contributed by atoms with Crippen LogP contribution in [-0.4, -0.2) is 38.3 Å². The zero-order chi connectivity index (χ0) is 15.0. The number of nitrogens with one attached hydrogen (secondary N) is 1. The van der Waals surface area contributed by atoms with Crippen molar-refractivity contribution in [3.63, 3.8) is 0 Å². The van der Waals surface area contributed by atoms with Gasteiger partial charge in [-0.2, -0.15) is 0 Å². The Morgan fingerprint density at radius 3 is 2.90 bits per heavy atom. The first-order valence-electron chi connectivity index (χ1n) is 5.89. The van der Waals surface area contributed by atoms with Gasteiger partial charge in [-0.1, -0.05) is 11.8 Å². The molecular weight excluding hydrogens is 300 g/mol. The van der Waals surface area contributed by atoms with Crippen LogP contribution in [0.2, 0.25) is 0 Å². The molecule has 1 aromatic heterocycles. The Bertz CT molecular complexity index is 611. The van der Waals surface area contributed by atoms with Gasteiger partial charge in [-0.05, 0) is 12.5 Å². The van der Waals surface area contributed by atoms with Crippen molar-refractivity contribution in [2.45, 2.75) is 12.8 Å². The fourth-order valence-corrected chi connectivity index (χ4v) is 2.61. The topological polar surface area (TPSA) is 109 Å². The van der Waals surface area contributed by atoms with Gasteiger partial charge >= 0.3 is 0 Å². The summed E-state index contributed by atoms with van der Waals surface area (Å²) in [5, 5.41) is 17.7. The number of hydrogen-bond donors (Lipinski definition) is 3. The highest BCUT2D eigenvalue weighted by atomic mass is 32.2. The lowest BCUT2D eigenvalue weighted by atomic mass is 10.3. The maximum Gasteiger partial charge on any atom is 0.252 e. The summed E-state index contributed by atoms with van der Waals surface area (Å²) in [5.41, 5.74) is 0.485. The maximum absolute atomic E-state index is 11.7. The SMILES string of the molecule is NS(=O)(=O)CCCNC(=O)c1csc(C#CCCO)c1. The van der Waals surface area contributed by atoms with Gasteiger partial charge in [0.15, 0.2) is 0 Å². The summed E-state index contributed by atoms with van der Waals surface area (Å²) in [4.78, 5) is 12.5. The number of aliphatic hydroxyl groups excluding tert-OH is 1. The third-order valence-corrected chi connectivity index (χ3v) is 3.90. The Labute approximate surface area is 122 Å². The second-order valence-corrected chi connectivity index (χ2v) is 6.60. The van der Waals surface area contributed by atoms with Crippen LogP contribution in [0.1, 0.15) is 28.1 Å². The Balaban J connectivity index is 2.43. The summed E-state index contributed by atoms with van der Waals surface area (Å²) in [6.07, 6.45) is 0.671. The van der Waals surface area contributed by atoms with Gasteiger partial charge in [-0.25, -0.2) is 13.6 Å². The van der Waals surface area contributed by atoms with E-state index in [1.807, 2.05) is 0 Å². The summed E-state index contributed by atoms with van der Waals surface area (Å²) in [7, 11) is -3.48. The minimum Gasteiger partial charge on any atom is -0.395 e. The van der Waals surface area contributed by atoms with Crippen molar-refractivity contribution < 1.29 is 18.3 Å². The number of carbonyl (C=O) groups excluding carboxylic acids is 1. The second-order valence-electron chi connectivity index (χ2n) is 3.95. The highest BCUT2D eigenvalue weighted by Crippen LogP contribution is 2.13. The van der Waals surface area contributed by atoms with Crippen molar-refractivity contribution in [1.29, 1.82) is 0 Å². The molecule has 0 fully saturated rings. The number of amides is 1. The van der Waals surface area contributed by atoms with Gasteiger partial charge in [0, 0.05) is 18.3 Å². The van der Waals surface area contributed by atoms with E-state index in [9.17, 15) is 13.2 Å². The van der Waals surface area contributed by atoms with Crippen molar-refractivity contribution >= 4 is 27.3 Å². The van der Waals surface area contributed by atoms with Gasteiger partial charge in [-0.3, -0.25) is 4.79 Å². The summed E-state index contributed by atoms with van der Waals surface area (Å²) in [6.45, 7) is 0.256. The van der Waals surface area contributed by atoms with E-state index >= 15 is 0 Å². The first-order chi connectivity index (χ1) is 9.42. The lowest BCUT2D eigenvalue weighted by Gasteiger charge is -2.02. The standard InChI is InChI=1S/C12H16N2O4S2/c13-20(17,18)7-3-5-14-12(16)10-8-11(19-9-10)4-1-2-6-15/h8-9,15H,2-3,5-7H2,(H,14,16)(H2,13,17,18). The molecule has 1 amide bonds. The minimum atomic E-state index is -3.48. The number of thiophene rings is 1. The molecule has 110 valence electrons. The van der Waals surface area contributed by atoms with E-state index in [1.165, 1.54) is 11.3 Å². The van der Waals surface area contributed by atoms with Gasteiger partial charge < -0.3 is 10.4 Å². The van der Waals surface area contributed by atoms with Crippen LogP contribution in [0.4, 0.5) is 0 Å². The van der Waals surface area contributed by atoms with E-state index in [1.54, 1.807) is 11.4 Å². The molecular formula is C12H16N2O4S2. The van der Waals surface area contributed by atoms with Crippen molar-refractivity contribution in [2.75, 3.05) is 18.9 Å². The molecule has 0 bridgehead atoms. The molecule has 0 aliphatic rings. The summed E-state index contributed by atoms with van der Waals surface area (Å²) < 4.78 is 21.4. The molecule has 6 nitrogen and oxygen atoms in total. The average Bonchev–Trinajstić information content (AvgIpc) is 2.82. The predicted molar refractivity (Wildman–Crippen MR) is 77.8 cm³/mol. The van der Waals surface area contributed by atoms with E-state index in [0.717, 1.165) is 4.88 Å². The number of nitrogens with two attached hydrogens (primary N) is 1. The smallest absolute Gasteiger partial charge is 0.252 e. The van der Waals surface area contributed by atoms with Crippen molar-refractivity contribution in [1.82, 2.24) is 5.32 Å². The van der Waals surface area contributed by atoms with Gasteiger partial charge in [0.25, 0.3) is 5.91 Å². The molecule has 0 saturated carbocycles. The molecule has 8 heteroatoms. The molecule has 1 aromatic rings. The maximum atomic E-state index is 11.7. The lowest BCUT2D eigenvalue weighted by molar-refractivity contribution is 0.0954. The molecule has 0 spiro atoms. The molecule has 0 saturated heterocycles. The normalized spacial score (nSPS) is 10.7. The largest absolute Gasteiger partial charge is 0.395 e. The van der Waals surface area contributed by atoms with Crippen LogP contribution < -0.4 is 10.5 Å². The Morgan fingerprint density at radius 1 is 1.50 bits per heavy atom. The molecule has 0 atom stereocenters. The number of carbonyl (C=O) groups is 1. The van der Waals surface area contributed by atoms with E-state index in [-0.39, 0.29) is 31.2 Å². The molecule has 0 unspecified atom stereocenters. The predicted octanol–water partition coefficient (Wildman–Crippen LogP) is -0.110. The van der Waals surface area contributed by atoms with Crippen molar-refractivity contribution in [3.05, 3.63) is 21.9 Å². The molecule has 0 aromatic carbocycles. The first kappa shape index (κ1) is 16.7. The molecule has 20 heavy (non-hydrogen) atoms. The summed E-state index contributed by atoms with van der Waals surface area (Å²) in [6, 6.07) is 1.66. The monoisotopic (exact) mass is 316 g/mol. The molecule has 4 N–H and O–H groups in total. The van der Waals surface area contributed by atoms with E-state index in [0.29, 0.717) is 12.0 Å². The van der Waals surface area contributed by atoms with Gasteiger partial charge in [-0.15, -0.1) is 11.3 Å². The minimum absolute atomic E-state index is 0.00969. The van der Waals surface area contributed by atoms with Gasteiger partial charge in [0.2, 0.25) is 10.0 Å². The zero-order valence-corrected chi connectivity index (χ0v) is 12.4. The summed E-state index contributed by atoms with van der Waals surface area (Å²) >= 11 is 1.34. The molecule has 1 rings (SSSR count). The Hall–Kier alpha value is -1.40. The fourth-order valence-electron chi connectivity index (χ4n) is 1.30. The van der Waals surface area contributed by atoms with Crippen molar-refractivity contribution in [2.24, 2.45) is 5.14 Å². The van der Waals surface area contributed by atoms with E-state index in [4.69, 9.17) is 10.2 Å². The third-order valence-electron chi connectivity index (χ3n) is 2.20. The van der Waals surface area contributed by atoms with Crippen LogP contribution in [0.5, 0.6) is 0 Å². The van der Waals surface area contributed by atoms with Crippen molar-refractivity contribution in [3.8, 4) is 11.8 Å². The van der Waals surface area contributed by atoms with Crippen LogP contribution in [0.15, 0.2) is 11.4 Å².